The second-order valence-corrected chi connectivity index (χ2v) is 5.90. The lowest BCUT2D eigenvalue weighted by molar-refractivity contribution is 1.16. The summed E-state index contributed by atoms with van der Waals surface area (Å²) in [6, 6.07) is 13.6. The lowest BCUT2D eigenvalue weighted by atomic mass is 9.96. The van der Waals surface area contributed by atoms with Crippen LogP contribution in [0.1, 0.15) is 16.7 Å². The fourth-order valence-corrected chi connectivity index (χ4v) is 3.58. The van der Waals surface area contributed by atoms with Crippen LogP contribution < -0.4 is 0 Å². The molecule has 0 amide bonds. The minimum atomic E-state index is 1.18. The normalized spacial score (nSPS) is 13.8. The van der Waals surface area contributed by atoms with E-state index in [9.17, 15) is 0 Å². The molecule has 0 aromatic heterocycles. The molecule has 0 aliphatic carbocycles. The molecule has 0 N–H and O–H groups in total. The Morgan fingerprint density at radius 1 is 0.882 bits per heavy atom. The van der Waals surface area contributed by atoms with Crippen LogP contribution in [0, 0.1) is 13.8 Å². The van der Waals surface area contributed by atoms with Crippen LogP contribution >= 0.6 is 11.8 Å². The quantitative estimate of drug-likeness (QED) is 0.647. The second-order valence-electron chi connectivity index (χ2n) is 4.76. The van der Waals surface area contributed by atoms with Gasteiger partial charge in [0.25, 0.3) is 0 Å². The minimum absolute atomic E-state index is 1.18. The molecule has 0 saturated carbocycles. The molecular weight excluding hydrogens is 224 g/mol. The van der Waals surface area contributed by atoms with Gasteiger partial charge in [0.1, 0.15) is 0 Å². The minimum Gasteiger partial charge on any atom is -0.125 e. The van der Waals surface area contributed by atoms with Crippen molar-refractivity contribution in [1.82, 2.24) is 0 Å². The zero-order chi connectivity index (χ0) is 11.8. The van der Waals surface area contributed by atoms with Crippen molar-refractivity contribution in [3.05, 3.63) is 53.1 Å². The molecular formula is C16H16S. The second kappa shape index (κ2) is 4.23. The molecule has 0 saturated heterocycles. The Kier molecular flexibility index (Phi) is 2.71. The van der Waals surface area contributed by atoms with Gasteiger partial charge in [0.15, 0.2) is 0 Å². The summed E-state index contributed by atoms with van der Waals surface area (Å²) in [7, 11) is 0. The number of rotatable bonds is 0. The summed E-state index contributed by atoms with van der Waals surface area (Å²) >= 11 is 1.99. The molecule has 3 rings (SSSR count). The summed E-state index contributed by atoms with van der Waals surface area (Å²) in [5.41, 5.74) is 7.06. The summed E-state index contributed by atoms with van der Waals surface area (Å²) in [4.78, 5) is 1.44. The molecule has 1 aliphatic heterocycles. The van der Waals surface area contributed by atoms with Crippen LogP contribution in [0.15, 0.2) is 41.3 Å². The zero-order valence-electron chi connectivity index (χ0n) is 10.3. The van der Waals surface area contributed by atoms with E-state index >= 15 is 0 Å². The Balaban J connectivity index is 2.24. The highest BCUT2D eigenvalue weighted by atomic mass is 32.2. The van der Waals surface area contributed by atoms with Gasteiger partial charge in [-0.25, -0.2) is 0 Å². The van der Waals surface area contributed by atoms with Gasteiger partial charge in [-0.2, -0.15) is 0 Å². The van der Waals surface area contributed by atoms with Gasteiger partial charge in [-0.05, 0) is 48.6 Å². The van der Waals surface area contributed by atoms with E-state index in [2.05, 4.69) is 50.2 Å². The van der Waals surface area contributed by atoms with E-state index in [0.717, 1.165) is 0 Å². The third-order valence-corrected chi connectivity index (χ3v) is 4.37. The Hall–Kier alpha value is -1.21. The van der Waals surface area contributed by atoms with Crippen LogP contribution in [0.3, 0.4) is 0 Å². The molecule has 0 spiro atoms. The molecule has 0 bridgehead atoms. The molecule has 0 atom stereocenters. The van der Waals surface area contributed by atoms with Crippen LogP contribution in [0.25, 0.3) is 11.1 Å². The van der Waals surface area contributed by atoms with E-state index in [1.165, 1.54) is 44.9 Å². The Labute approximate surface area is 107 Å². The average Bonchev–Trinajstić information content (AvgIpc) is 2.47. The predicted molar refractivity (Wildman–Crippen MR) is 75.8 cm³/mol. The number of thioether (sulfide) groups is 1. The smallest absolute Gasteiger partial charge is 0.0153 e. The standard InChI is InChI=1S/C16H16S/c1-11-3-5-14-13(9-11)7-8-17-16-10-12(2)4-6-15(14)16/h3-6,9-10H,7-8H2,1-2H3. The molecule has 2 aromatic rings. The van der Waals surface area contributed by atoms with E-state index in [1.54, 1.807) is 0 Å². The maximum absolute atomic E-state index is 2.34. The summed E-state index contributed by atoms with van der Waals surface area (Å²) < 4.78 is 0. The number of fused-ring (bicyclic) bond motifs is 3. The zero-order valence-corrected chi connectivity index (χ0v) is 11.1. The molecule has 0 radical (unpaired) electrons. The van der Waals surface area contributed by atoms with E-state index in [0.29, 0.717) is 0 Å². The van der Waals surface area contributed by atoms with Crippen LogP contribution in [0.2, 0.25) is 0 Å². The van der Waals surface area contributed by atoms with Gasteiger partial charge in [-0.1, -0.05) is 35.9 Å². The Bertz CT molecular complexity index is 518. The fourth-order valence-electron chi connectivity index (χ4n) is 2.43. The van der Waals surface area contributed by atoms with Crippen LogP contribution in [-0.4, -0.2) is 5.75 Å². The van der Waals surface area contributed by atoms with Gasteiger partial charge in [-0.15, -0.1) is 11.8 Å². The SMILES string of the molecule is Cc1ccc2c(c1)CCSc1cc(C)ccc1-2. The van der Waals surface area contributed by atoms with Crippen molar-refractivity contribution in [3.63, 3.8) is 0 Å². The summed E-state index contributed by atoms with van der Waals surface area (Å²) in [6.07, 6.45) is 1.18. The van der Waals surface area contributed by atoms with Crippen molar-refractivity contribution in [2.24, 2.45) is 0 Å². The number of benzene rings is 2. The Morgan fingerprint density at radius 3 is 2.41 bits per heavy atom. The Morgan fingerprint density at radius 2 is 1.59 bits per heavy atom. The van der Waals surface area contributed by atoms with Crippen molar-refractivity contribution in [1.29, 1.82) is 0 Å². The first-order valence-electron chi connectivity index (χ1n) is 6.07. The monoisotopic (exact) mass is 240 g/mol. The molecule has 86 valence electrons. The van der Waals surface area contributed by atoms with Crippen molar-refractivity contribution < 1.29 is 0 Å². The molecule has 1 heterocycles. The summed E-state index contributed by atoms with van der Waals surface area (Å²) in [5, 5.41) is 0. The number of hydrogen-bond acceptors (Lipinski definition) is 1. The van der Waals surface area contributed by atoms with Gasteiger partial charge < -0.3 is 0 Å². The fraction of sp³-hybridized carbons (Fsp3) is 0.250. The molecule has 1 heteroatoms. The van der Waals surface area contributed by atoms with Crippen molar-refractivity contribution in [2.75, 3.05) is 5.75 Å². The molecule has 17 heavy (non-hydrogen) atoms. The van der Waals surface area contributed by atoms with Gasteiger partial charge in [0.2, 0.25) is 0 Å². The molecule has 0 nitrogen and oxygen atoms in total. The highest BCUT2D eigenvalue weighted by Crippen LogP contribution is 2.38. The predicted octanol–water partition coefficient (Wildman–Crippen LogP) is 4.62. The molecule has 2 aromatic carbocycles. The third kappa shape index (κ3) is 2.00. The van der Waals surface area contributed by atoms with Gasteiger partial charge in [-0.3, -0.25) is 0 Å². The van der Waals surface area contributed by atoms with Crippen LogP contribution in [0.4, 0.5) is 0 Å². The third-order valence-electron chi connectivity index (χ3n) is 3.32. The molecule has 1 aliphatic rings. The van der Waals surface area contributed by atoms with Gasteiger partial charge in [0.05, 0.1) is 0 Å². The maximum Gasteiger partial charge on any atom is 0.0153 e. The van der Waals surface area contributed by atoms with Crippen molar-refractivity contribution in [2.45, 2.75) is 25.2 Å². The lowest BCUT2D eigenvalue weighted by Crippen LogP contribution is -1.90. The van der Waals surface area contributed by atoms with Gasteiger partial charge >= 0.3 is 0 Å². The first-order valence-corrected chi connectivity index (χ1v) is 7.06. The van der Waals surface area contributed by atoms with E-state index < -0.39 is 0 Å². The van der Waals surface area contributed by atoms with E-state index in [4.69, 9.17) is 0 Å². The average molecular weight is 240 g/mol. The first-order chi connectivity index (χ1) is 8.24. The van der Waals surface area contributed by atoms with Gasteiger partial charge in [0, 0.05) is 10.6 Å². The van der Waals surface area contributed by atoms with E-state index in [-0.39, 0.29) is 0 Å². The topological polar surface area (TPSA) is 0 Å². The molecule has 0 fully saturated rings. The highest BCUT2D eigenvalue weighted by Gasteiger charge is 2.14. The van der Waals surface area contributed by atoms with Crippen molar-refractivity contribution in [3.8, 4) is 11.1 Å². The van der Waals surface area contributed by atoms with Crippen molar-refractivity contribution >= 4 is 11.8 Å². The highest BCUT2D eigenvalue weighted by molar-refractivity contribution is 7.99. The number of hydrogen-bond donors (Lipinski definition) is 0. The largest absolute Gasteiger partial charge is 0.125 e. The number of aryl methyl sites for hydroxylation is 3. The van der Waals surface area contributed by atoms with Crippen LogP contribution in [-0.2, 0) is 6.42 Å². The molecule has 0 unspecified atom stereocenters. The maximum atomic E-state index is 2.34. The first kappa shape index (κ1) is 10.9. The van der Waals surface area contributed by atoms with Crippen LogP contribution in [0.5, 0.6) is 0 Å². The summed E-state index contributed by atoms with van der Waals surface area (Å²) in [5.74, 6) is 1.19. The lowest BCUT2D eigenvalue weighted by Gasteiger charge is -2.10. The van der Waals surface area contributed by atoms with E-state index in [1.807, 2.05) is 11.8 Å². The summed E-state index contributed by atoms with van der Waals surface area (Å²) in [6.45, 7) is 4.34.